The predicted octanol–water partition coefficient (Wildman–Crippen LogP) is 2.68. The fraction of sp³-hybridized carbons (Fsp3) is 0.308. The average molecular weight is 426 g/mol. The van der Waals surface area contributed by atoms with Crippen LogP contribution in [0.25, 0.3) is 0 Å². The standard InChI is InChI=1S/C13H13F3N4O3S3/c1-24-12-19-18-11(25-12)17-10(21)7-20(26(2,22)23)9-5-3-4-8(6-9)13(14,15)16/h3-6H,7H2,1-2H3,(H,17,18,21). The fourth-order valence-electron chi connectivity index (χ4n) is 1.87. The van der Waals surface area contributed by atoms with E-state index in [1.165, 1.54) is 17.8 Å². The highest BCUT2D eigenvalue weighted by Gasteiger charge is 2.32. The lowest BCUT2D eigenvalue weighted by atomic mass is 10.2. The first-order chi connectivity index (χ1) is 12.0. The Bertz CT molecular complexity index is 899. The van der Waals surface area contributed by atoms with Crippen molar-refractivity contribution in [2.75, 3.05) is 28.7 Å². The van der Waals surface area contributed by atoms with Crippen LogP contribution in [0.1, 0.15) is 5.56 Å². The number of hydrogen-bond donors (Lipinski definition) is 1. The smallest absolute Gasteiger partial charge is 0.299 e. The number of rotatable bonds is 6. The van der Waals surface area contributed by atoms with Crippen LogP contribution >= 0.6 is 23.1 Å². The predicted molar refractivity (Wildman–Crippen MR) is 94.0 cm³/mol. The number of aromatic nitrogens is 2. The first-order valence-electron chi connectivity index (χ1n) is 6.83. The summed E-state index contributed by atoms with van der Waals surface area (Å²) >= 11 is 2.41. The Morgan fingerprint density at radius 1 is 1.35 bits per heavy atom. The van der Waals surface area contributed by atoms with Gasteiger partial charge in [-0.1, -0.05) is 29.2 Å². The van der Waals surface area contributed by atoms with Gasteiger partial charge in [-0.25, -0.2) is 8.42 Å². The minimum Gasteiger partial charge on any atom is -0.299 e. The van der Waals surface area contributed by atoms with Crippen molar-refractivity contribution >= 4 is 49.8 Å². The van der Waals surface area contributed by atoms with Gasteiger partial charge in [-0.15, -0.1) is 10.2 Å². The number of sulfonamides is 1. The van der Waals surface area contributed by atoms with Crippen LogP contribution in [0.3, 0.4) is 0 Å². The third-order valence-corrected chi connectivity index (χ3v) is 5.93. The van der Waals surface area contributed by atoms with E-state index in [0.717, 1.165) is 29.7 Å². The van der Waals surface area contributed by atoms with Crippen LogP contribution in [0.5, 0.6) is 0 Å². The Hall–Kier alpha value is -1.86. The first kappa shape index (κ1) is 20.5. The van der Waals surface area contributed by atoms with Crippen LogP contribution < -0.4 is 9.62 Å². The summed E-state index contributed by atoms with van der Waals surface area (Å²) < 4.78 is 63.7. The summed E-state index contributed by atoms with van der Waals surface area (Å²) in [7, 11) is -4.00. The minimum atomic E-state index is -4.64. The lowest BCUT2D eigenvalue weighted by Gasteiger charge is -2.22. The quantitative estimate of drug-likeness (QED) is 0.564. The molecule has 0 saturated heterocycles. The van der Waals surface area contributed by atoms with E-state index < -0.39 is 34.2 Å². The van der Waals surface area contributed by atoms with E-state index in [0.29, 0.717) is 14.7 Å². The molecule has 13 heteroatoms. The Balaban J connectivity index is 2.24. The molecular weight excluding hydrogens is 413 g/mol. The second-order valence-corrected chi connectivity index (χ2v) is 8.88. The normalized spacial score (nSPS) is 12.0. The summed E-state index contributed by atoms with van der Waals surface area (Å²) in [5.74, 6) is -0.753. The number of benzene rings is 1. The zero-order chi connectivity index (χ0) is 19.5. The number of nitrogens with zero attached hydrogens (tertiary/aromatic N) is 3. The summed E-state index contributed by atoms with van der Waals surface area (Å²) in [4.78, 5) is 12.1. The van der Waals surface area contributed by atoms with E-state index in [2.05, 4.69) is 15.5 Å². The molecule has 2 aromatic rings. The van der Waals surface area contributed by atoms with Crippen molar-refractivity contribution in [2.45, 2.75) is 10.5 Å². The molecule has 0 radical (unpaired) electrons. The second kappa shape index (κ2) is 7.80. The third-order valence-electron chi connectivity index (χ3n) is 2.98. The van der Waals surface area contributed by atoms with Gasteiger partial charge in [0.1, 0.15) is 6.54 Å². The zero-order valence-electron chi connectivity index (χ0n) is 13.4. The lowest BCUT2D eigenvalue weighted by molar-refractivity contribution is -0.137. The van der Waals surface area contributed by atoms with Gasteiger partial charge in [-0.05, 0) is 24.5 Å². The van der Waals surface area contributed by atoms with Gasteiger partial charge >= 0.3 is 6.18 Å². The molecule has 0 aliphatic heterocycles. The molecule has 26 heavy (non-hydrogen) atoms. The number of carbonyl (C=O) groups excluding carboxylic acids is 1. The van der Waals surface area contributed by atoms with Crippen molar-refractivity contribution in [2.24, 2.45) is 0 Å². The number of carbonyl (C=O) groups is 1. The highest BCUT2D eigenvalue weighted by atomic mass is 32.2. The summed E-state index contributed by atoms with van der Waals surface area (Å²) in [6, 6.07) is 3.74. The Morgan fingerprint density at radius 2 is 2.04 bits per heavy atom. The maximum Gasteiger partial charge on any atom is 0.416 e. The molecule has 0 aliphatic rings. The maximum atomic E-state index is 12.9. The van der Waals surface area contributed by atoms with Crippen molar-refractivity contribution in [1.82, 2.24) is 10.2 Å². The Labute approximate surface area is 155 Å². The van der Waals surface area contributed by atoms with Crippen molar-refractivity contribution in [1.29, 1.82) is 0 Å². The van der Waals surface area contributed by atoms with Gasteiger partial charge in [0, 0.05) is 0 Å². The van der Waals surface area contributed by atoms with Crippen LogP contribution in [0, 0.1) is 0 Å². The number of thioether (sulfide) groups is 1. The monoisotopic (exact) mass is 426 g/mol. The van der Waals surface area contributed by atoms with E-state index >= 15 is 0 Å². The van der Waals surface area contributed by atoms with Gasteiger partial charge in [0.05, 0.1) is 17.5 Å². The molecule has 0 saturated carbocycles. The number of anilines is 2. The highest BCUT2D eigenvalue weighted by Crippen LogP contribution is 2.32. The fourth-order valence-corrected chi connectivity index (χ4v) is 3.90. The average Bonchev–Trinajstić information content (AvgIpc) is 2.98. The van der Waals surface area contributed by atoms with Gasteiger partial charge in [0.25, 0.3) is 0 Å². The van der Waals surface area contributed by atoms with E-state index in [-0.39, 0.29) is 10.8 Å². The molecule has 7 nitrogen and oxygen atoms in total. The van der Waals surface area contributed by atoms with Crippen LogP contribution in [-0.4, -0.2) is 43.6 Å². The molecule has 1 aromatic heterocycles. The molecule has 0 aliphatic carbocycles. The molecule has 1 heterocycles. The molecule has 0 unspecified atom stereocenters. The molecular formula is C13H13F3N4O3S3. The number of alkyl halides is 3. The molecule has 2 rings (SSSR count). The maximum absolute atomic E-state index is 12.9. The lowest BCUT2D eigenvalue weighted by Crippen LogP contribution is -2.37. The van der Waals surface area contributed by atoms with Gasteiger partial charge in [-0.2, -0.15) is 13.2 Å². The Morgan fingerprint density at radius 3 is 2.58 bits per heavy atom. The number of amides is 1. The van der Waals surface area contributed by atoms with E-state index in [1.54, 1.807) is 6.26 Å². The number of halogens is 3. The molecule has 0 fully saturated rings. The summed E-state index contributed by atoms with van der Waals surface area (Å²) in [6.45, 7) is -0.700. The van der Waals surface area contributed by atoms with Gasteiger partial charge in [-0.3, -0.25) is 14.4 Å². The first-order valence-corrected chi connectivity index (χ1v) is 10.7. The number of hydrogen-bond acceptors (Lipinski definition) is 7. The van der Waals surface area contributed by atoms with Gasteiger partial charge in [0.2, 0.25) is 21.1 Å². The summed E-state index contributed by atoms with van der Waals surface area (Å²) in [5.41, 5.74) is -1.28. The molecule has 1 amide bonds. The summed E-state index contributed by atoms with van der Waals surface area (Å²) in [5, 5.41) is 10.0. The van der Waals surface area contributed by atoms with Gasteiger partial charge in [0.15, 0.2) is 4.34 Å². The molecule has 0 spiro atoms. The van der Waals surface area contributed by atoms with Crippen molar-refractivity contribution in [3.05, 3.63) is 29.8 Å². The SMILES string of the molecule is CSc1nnc(NC(=O)CN(c2cccc(C(F)(F)F)c2)S(C)(=O)=O)s1. The number of nitrogens with one attached hydrogen (secondary N) is 1. The van der Waals surface area contributed by atoms with Crippen LogP contribution in [-0.2, 0) is 21.0 Å². The van der Waals surface area contributed by atoms with Crippen LogP contribution in [0.2, 0.25) is 0 Å². The van der Waals surface area contributed by atoms with E-state index in [9.17, 15) is 26.4 Å². The van der Waals surface area contributed by atoms with Crippen molar-refractivity contribution in [3.63, 3.8) is 0 Å². The second-order valence-electron chi connectivity index (χ2n) is 4.94. The highest BCUT2D eigenvalue weighted by molar-refractivity contribution is 8.00. The zero-order valence-corrected chi connectivity index (χ0v) is 15.9. The minimum absolute atomic E-state index is 0.164. The molecule has 1 aromatic carbocycles. The van der Waals surface area contributed by atoms with Crippen molar-refractivity contribution < 1.29 is 26.4 Å². The van der Waals surface area contributed by atoms with Gasteiger partial charge < -0.3 is 0 Å². The largest absolute Gasteiger partial charge is 0.416 e. The summed E-state index contributed by atoms with van der Waals surface area (Å²) in [6.07, 6.45) is -2.06. The van der Waals surface area contributed by atoms with E-state index in [4.69, 9.17) is 0 Å². The van der Waals surface area contributed by atoms with E-state index in [1.807, 2.05) is 0 Å². The Kier molecular flexibility index (Phi) is 6.13. The van der Waals surface area contributed by atoms with Crippen LogP contribution in [0.15, 0.2) is 28.6 Å². The molecule has 0 bridgehead atoms. The molecule has 0 atom stereocenters. The molecule has 142 valence electrons. The topological polar surface area (TPSA) is 92.3 Å². The third kappa shape index (κ3) is 5.32. The van der Waals surface area contributed by atoms with Crippen molar-refractivity contribution in [3.8, 4) is 0 Å². The van der Waals surface area contributed by atoms with Crippen LogP contribution in [0.4, 0.5) is 24.0 Å². The molecule has 1 N–H and O–H groups in total.